The molecule has 0 saturated carbocycles. The van der Waals surface area contributed by atoms with E-state index in [1.165, 1.54) is 0 Å². The molecule has 1 fully saturated rings. The lowest BCUT2D eigenvalue weighted by molar-refractivity contribution is -0.132. The van der Waals surface area contributed by atoms with Gasteiger partial charge < -0.3 is 15.1 Å². The number of nitrogens with zero attached hydrogens (tertiary/aromatic N) is 3. The van der Waals surface area contributed by atoms with Crippen molar-refractivity contribution >= 4 is 5.91 Å². The number of carbonyl (C=O) groups is 1. The monoisotopic (exact) mass is 242 g/mol. The molecule has 1 rings (SSSR count). The third kappa shape index (κ3) is 6.00. The van der Waals surface area contributed by atoms with E-state index in [0.717, 1.165) is 45.7 Å². The normalized spacial score (nSPS) is 16.9. The van der Waals surface area contributed by atoms with Crippen LogP contribution in [0.5, 0.6) is 0 Å². The van der Waals surface area contributed by atoms with Crippen LogP contribution in [-0.2, 0) is 4.79 Å². The molecule has 0 atom stereocenters. The number of rotatable bonds is 6. The van der Waals surface area contributed by atoms with Gasteiger partial charge >= 0.3 is 0 Å². The molecular weight excluding hydrogens is 216 g/mol. The molecule has 0 aliphatic carbocycles. The maximum absolute atomic E-state index is 12.0. The van der Waals surface area contributed by atoms with E-state index < -0.39 is 0 Å². The van der Waals surface area contributed by atoms with Crippen molar-refractivity contribution in [2.75, 3.05) is 67.0 Å². The molecule has 1 saturated heterocycles. The highest BCUT2D eigenvalue weighted by molar-refractivity contribution is 5.78. The summed E-state index contributed by atoms with van der Waals surface area (Å²) in [6, 6.07) is 0. The van der Waals surface area contributed by atoms with Crippen LogP contribution >= 0.6 is 0 Å². The first-order valence-corrected chi connectivity index (χ1v) is 6.41. The molecule has 0 bridgehead atoms. The molecule has 0 aromatic heterocycles. The molecule has 0 spiro atoms. The summed E-state index contributed by atoms with van der Waals surface area (Å²) in [6.45, 7) is 6.16. The van der Waals surface area contributed by atoms with Crippen LogP contribution in [0.4, 0.5) is 0 Å². The van der Waals surface area contributed by atoms with Gasteiger partial charge in [0.1, 0.15) is 0 Å². The predicted octanol–water partition coefficient (Wildman–Crippen LogP) is -0.698. The standard InChI is InChI=1S/C12H26N4O/c1-14(2)7-4-8-15(3)11-12(17)16-9-5-13-6-10-16/h13H,4-11H2,1-3H3. The number of hydrogen-bond donors (Lipinski definition) is 1. The van der Waals surface area contributed by atoms with E-state index in [1.807, 2.05) is 11.9 Å². The largest absolute Gasteiger partial charge is 0.339 e. The van der Waals surface area contributed by atoms with E-state index in [9.17, 15) is 4.79 Å². The second kappa shape index (κ2) is 7.63. The molecule has 1 amide bonds. The van der Waals surface area contributed by atoms with E-state index in [2.05, 4.69) is 29.2 Å². The van der Waals surface area contributed by atoms with Crippen molar-refractivity contribution in [2.24, 2.45) is 0 Å². The minimum Gasteiger partial charge on any atom is -0.339 e. The summed E-state index contributed by atoms with van der Waals surface area (Å²) in [6.07, 6.45) is 1.11. The van der Waals surface area contributed by atoms with Gasteiger partial charge in [0.2, 0.25) is 5.91 Å². The van der Waals surface area contributed by atoms with Gasteiger partial charge in [-0.15, -0.1) is 0 Å². The Morgan fingerprint density at radius 2 is 1.82 bits per heavy atom. The predicted molar refractivity (Wildman–Crippen MR) is 70.1 cm³/mol. The first-order chi connectivity index (χ1) is 8.09. The highest BCUT2D eigenvalue weighted by Gasteiger charge is 2.17. The quantitative estimate of drug-likeness (QED) is 0.669. The minimum atomic E-state index is 0.263. The lowest BCUT2D eigenvalue weighted by Crippen LogP contribution is -2.49. The van der Waals surface area contributed by atoms with Gasteiger partial charge in [0, 0.05) is 26.2 Å². The van der Waals surface area contributed by atoms with Crippen molar-refractivity contribution in [1.29, 1.82) is 0 Å². The van der Waals surface area contributed by atoms with Crippen molar-refractivity contribution in [3.05, 3.63) is 0 Å². The van der Waals surface area contributed by atoms with Crippen LogP contribution in [0, 0.1) is 0 Å². The summed E-state index contributed by atoms with van der Waals surface area (Å²) in [7, 11) is 6.17. The van der Waals surface area contributed by atoms with E-state index in [0.29, 0.717) is 6.54 Å². The lowest BCUT2D eigenvalue weighted by atomic mass is 10.3. The fourth-order valence-electron chi connectivity index (χ4n) is 1.98. The van der Waals surface area contributed by atoms with Gasteiger partial charge in [-0.1, -0.05) is 0 Å². The molecule has 1 N–H and O–H groups in total. The molecule has 100 valence electrons. The number of hydrogen-bond acceptors (Lipinski definition) is 4. The SMILES string of the molecule is CN(C)CCCN(C)CC(=O)N1CCNCC1. The highest BCUT2D eigenvalue weighted by atomic mass is 16.2. The zero-order chi connectivity index (χ0) is 12.7. The average Bonchev–Trinajstić information content (AvgIpc) is 2.29. The third-order valence-electron chi connectivity index (χ3n) is 3.02. The zero-order valence-electron chi connectivity index (χ0n) is 11.4. The van der Waals surface area contributed by atoms with E-state index in [4.69, 9.17) is 0 Å². The lowest BCUT2D eigenvalue weighted by Gasteiger charge is -2.29. The number of nitrogens with one attached hydrogen (secondary N) is 1. The molecule has 0 unspecified atom stereocenters. The third-order valence-corrected chi connectivity index (χ3v) is 3.02. The van der Waals surface area contributed by atoms with E-state index in [-0.39, 0.29) is 5.91 Å². The molecule has 5 nitrogen and oxygen atoms in total. The van der Waals surface area contributed by atoms with Gasteiger partial charge in [-0.05, 0) is 40.7 Å². The van der Waals surface area contributed by atoms with E-state index >= 15 is 0 Å². The van der Waals surface area contributed by atoms with Gasteiger partial charge in [-0.25, -0.2) is 0 Å². The summed E-state index contributed by atoms with van der Waals surface area (Å²) in [5.74, 6) is 0.263. The van der Waals surface area contributed by atoms with Crippen LogP contribution in [-0.4, -0.2) is 87.6 Å². The van der Waals surface area contributed by atoms with Crippen LogP contribution in [0.3, 0.4) is 0 Å². The molecule has 0 aromatic carbocycles. The smallest absolute Gasteiger partial charge is 0.236 e. The van der Waals surface area contributed by atoms with Gasteiger partial charge in [0.25, 0.3) is 0 Å². The van der Waals surface area contributed by atoms with Crippen LogP contribution < -0.4 is 5.32 Å². The van der Waals surface area contributed by atoms with Gasteiger partial charge in [0.05, 0.1) is 6.54 Å². The Bertz CT molecular complexity index is 227. The Morgan fingerprint density at radius 1 is 1.18 bits per heavy atom. The molecule has 0 radical (unpaired) electrons. The second-order valence-electron chi connectivity index (χ2n) is 5.03. The van der Waals surface area contributed by atoms with Gasteiger partial charge in [0.15, 0.2) is 0 Å². The summed E-state index contributed by atoms with van der Waals surface area (Å²) in [5.41, 5.74) is 0. The molecule has 1 aliphatic heterocycles. The zero-order valence-corrected chi connectivity index (χ0v) is 11.4. The summed E-state index contributed by atoms with van der Waals surface area (Å²) < 4.78 is 0. The summed E-state index contributed by atoms with van der Waals surface area (Å²) in [5, 5.41) is 3.26. The van der Waals surface area contributed by atoms with Crippen LogP contribution in [0.25, 0.3) is 0 Å². The first-order valence-electron chi connectivity index (χ1n) is 6.41. The maximum Gasteiger partial charge on any atom is 0.236 e. The molecule has 17 heavy (non-hydrogen) atoms. The molecule has 0 aromatic rings. The van der Waals surface area contributed by atoms with Crippen LogP contribution in [0.2, 0.25) is 0 Å². The Hall–Kier alpha value is -0.650. The topological polar surface area (TPSA) is 38.8 Å². The molecular formula is C12H26N4O. The number of likely N-dealkylation sites (N-methyl/N-ethyl adjacent to an activating group) is 1. The van der Waals surface area contributed by atoms with Crippen LogP contribution in [0.15, 0.2) is 0 Å². The first kappa shape index (κ1) is 14.4. The van der Waals surface area contributed by atoms with Gasteiger partial charge in [-0.3, -0.25) is 9.69 Å². The van der Waals surface area contributed by atoms with Crippen molar-refractivity contribution in [3.8, 4) is 0 Å². The number of amides is 1. The van der Waals surface area contributed by atoms with Crippen molar-refractivity contribution in [2.45, 2.75) is 6.42 Å². The van der Waals surface area contributed by atoms with Gasteiger partial charge in [-0.2, -0.15) is 0 Å². The minimum absolute atomic E-state index is 0.263. The Kier molecular flexibility index (Phi) is 6.47. The summed E-state index contributed by atoms with van der Waals surface area (Å²) in [4.78, 5) is 18.2. The fourth-order valence-corrected chi connectivity index (χ4v) is 1.98. The fraction of sp³-hybridized carbons (Fsp3) is 0.917. The van der Waals surface area contributed by atoms with Crippen molar-refractivity contribution in [3.63, 3.8) is 0 Å². The maximum atomic E-state index is 12.0. The Labute approximate surface area is 105 Å². The van der Waals surface area contributed by atoms with E-state index in [1.54, 1.807) is 0 Å². The summed E-state index contributed by atoms with van der Waals surface area (Å²) >= 11 is 0. The number of carbonyl (C=O) groups excluding carboxylic acids is 1. The highest BCUT2D eigenvalue weighted by Crippen LogP contribution is 1.96. The Morgan fingerprint density at radius 3 is 2.41 bits per heavy atom. The van der Waals surface area contributed by atoms with Crippen molar-refractivity contribution < 1.29 is 4.79 Å². The molecule has 1 aliphatic rings. The van der Waals surface area contributed by atoms with Crippen molar-refractivity contribution in [1.82, 2.24) is 20.0 Å². The second-order valence-corrected chi connectivity index (χ2v) is 5.03. The van der Waals surface area contributed by atoms with Crippen LogP contribution in [0.1, 0.15) is 6.42 Å². The molecule has 5 heteroatoms. The number of piperazine rings is 1. The Balaban J connectivity index is 2.15. The average molecular weight is 242 g/mol. The molecule has 1 heterocycles.